The number of para-hydroxylation sites is 1. The van der Waals surface area contributed by atoms with Crippen molar-refractivity contribution in [1.29, 1.82) is 0 Å². The average Bonchev–Trinajstić information content (AvgIpc) is 2.33. The van der Waals surface area contributed by atoms with Crippen LogP contribution < -0.4 is 5.32 Å². The van der Waals surface area contributed by atoms with E-state index in [9.17, 15) is 0 Å². The van der Waals surface area contributed by atoms with E-state index in [-0.39, 0.29) is 7.43 Å². The summed E-state index contributed by atoms with van der Waals surface area (Å²) < 4.78 is 0. The van der Waals surface area contributed by atoms with Crippen molar-refractivity contribution in [2.75, 3.05) is 11.9 Å². The summed E-state index contributed by atoms with van der Waals surface area (Å²) in [5.41, 5.74) is 2.77. The number of fused-ring (bicyclic) bond motifs is 1. The molecule has 1 aromatic carbocycles. The van der Waals surface area contributed by atoms with Crippen molar-refractivity contribution < 1.29 is 0 Å². The molecule has 0 saturated heterocycles. The van der Waals surface area contributed by atoms with Gasteiger partial charge in [0.2, 0.25) is 0 Å². The van der Waals surface area contributed by atoms with Gasteiger partial charge in [-0.2, -0.15) is 0 Å². The van der Waals surface area contributed by atoms with Gasteiger partial charge >= 0.3 is 0 Å². The fraction of sp³-hybridized carbons (Fsp3) is 0.222. The van der Waals surface area contributed by atoms with E-state index in [1.165, 1.54) is 17.7 Å². The molecule has 0 atom stereocenters. The number of hydrogen-bond acceptors (Lipinski definition) is 1. The van der Waals surface area contributed by atoms with Crippen molar-refractivity contribution in [1.82, 2.24) is 0 Å². The third-order valence-corrected chi connectivity index (χ3v) is 1.73. The summed E-state index contributed by atoms with van der Waals surface area (Å²) in [6.07, 6.45) is 1.19. The van der Waals surface area contributed by atoms with Crippen LogP contribution >= 0.6 is 0 Å². The molecule has 0 amide bonds. The topological polar surface area (TPSA) is 12.0 Å². The zero-order valence-electron chi connectivity index (χ0n) is 5.80. The second kappa shape index (κ2) is 2.74. The summed E-state index contributed by atoms with van der Waals surface area (Å²) in [5, 5.41) is 3.30. The highest BCUT2D eigenvalue weighted by atomic mass is 14.9. The van der Waals surface area contributed by atoms with Crippen molar-refractivity contribution in [3.8, 4) is 0 Å². The molecule has 0 bridgehead atoms. The van der Waals surface area contributed by atoms with E-state index in [0.29, 0.717) is 0 Å². The maximum Gasteiger partial charge on any atom is 0.0373 e. The molecule has 1 aromatic rings. The predicted molar refractivity (Wildman–Crippen MR) is 42.9 cm³/mol. The minimum Gasteiger partial charge on any atom is -0.384 e. The Labute approximate surface area is 62.1 Å². The minimum atomic E-state index is 0. The molecule has 0 unspecified atom stereocenters. The number of nitrogens with one attached hydrogen (secondary N) is 1. The summed E-state index contributed by atoms with van der Waals surface area (Å²) in [5.74, 6) is 0. The quantitative estimate of drug-likeness (QED) is 0.568. The molecule has 1 aliphatic heterocycles. The van der Waals surface area contributed by atoms with E-state index in [0.717, 1.165) is 6.54 Å². The van der Waals surface area contributed by atoms with Crippen molar-refractivity contribution in [2.45, 2.75) is 6.42 Å². The summed E-state index contributed by atoms with van der Waals surface area (Å²) in [7, 11) is 0. The van der Waals surface area contributed by atoms with Gasteiger partial charge < -0.3 is 5.32 Å². The van der Waals surface area contributed by atoms with Crippen LogP contribution in [0.15, 0.2) is 24.3 Å². The number of anilines is 1. The Morgan fingerprint density at radius 1 is 1.20 bits per heavy atom. The van der Waals surface area contributed by atoms with Gasteiger partial charge in [-0.1, -0.05) is 18.2 Å². The van der Waals surface area contributed by atoms with Gasteiger partial charge in [-0.05, 0) is 25.5 Å². The van der Waals surface area contributed by atoms with Gasteiger partial charge in [0.05, 0.1) is 0 Å². The second-order valence-corrected chi connectivity index (χ2v) is 2.33. The number of benzene rings is 1. The first-order valence-electron chi connectivity index (χ1n) is 3.28. The van der Waals surface area contributed by atoms with Gasteiger partial charge in [-0.25, -0.2) is 0 Å². The molecular weight excluding hydrogens is 122 g/mol. The van der Waals surface area contributed by atoms with Crippen LogP contribution in [0.25, 0.3) is 0 Å². The molecule has 1 heterocycles. The van der Waals surface area contributed by atoms with E-state index >= 15 is 0 Å². The first-order chi connectivity index (χ1) is 4.47. The van der Waals surface area contributed by atoms with Gasteiger partial charge in [0.15, 0.2) is 0 Å². The van der Waals surface area contributed by atoms with Crippen LogP contribution in [-0.2, 0) is 6.42 Å². The van der Waals surface area contributed by atoms with Crippen LogP contribution in [0, 0.1) is 7.43 Å². The molecule has 51 valence electrons. The molecular formula is C9H10N. The lowest BCUT2D eigenvalue weighted by Crippen LogP contribution is -1.90. The Morgan fingerprint density at radius 3 is 2.80 bits per heavy atom. The predicted octanol–water partition coefficient (Wildman–Crippen LogP) is 1.86. The summed E-state index contributed by atoms with van der Waals surface area (Å²) in [6, 6.07) is 8.46. The van der Waals surface area contributed by atoms with Gasteiger partial charge in [-0.15, -0.1) is 0 Å². The van der Waals surface area contributed by atoms with Crippen LogP contribution in [0.2, 0.25) is 0 Å². The Balaban J connectivity index is 0.000000500. The lowest BCUT2D eigenvalue weighted by Gasteiger charge is -1.94. The highest BCUT2D eigenvalue weighted by Gasteiger charge is 2.05. The molecule has 0 aliphatic carbocycles. The van der Waals surface area contributed by atoms with Crippen molar-refractivity contribution >= 4 is 5.69 Å². The fourth-order valence-electron chi connectivity index (χ4n) is 1.24. The largest absolute Gasteiger partial charge is 0.384 e. The molecule has 0 aromatic heterocycles. The van der Waals surface area contributed by atoms with Crippen LogP contribution in [-0.4, -0.2) is 6.54 Å². The Kier molecular flexibility index (Phi) is 1.95. The first kappa shape index (κ1) is 7.13. The van der Waals surface area contributed by atoms with Crippen molar-refractivity contribution in [3.63, 3.8) is 0 Å². The minimum absolute atomic E-state index is 0. The monoisotopic (exact) mass is 132 g/mol. The molecule has 0 fully saturated rings. The number of rotatable bonds is 0. The summed E-state index contributed by atoms with van der Waals surface area (Å²) in [6.45, 7) is 1.11. The van der Waals surface area contributed by atoms with E-state index in [1.54, 1.807) is 0 Å². The van der Waals surface area contributed by atoms with Crippen LogP contribution in [0.3, 0.4) is 0 Å². The van der Waals surface area contributed by atoms with Crippen molar-refractivity contribution in [2.24, 2.45) is 0 Å². The molecule has 3 radical (unpaired) electrons. The van der Waals surface area contributed by atoms with Crippen molar-refractivity contribution in [3.05, 3.63) is 37.3 Å². The zero-order chi connectivity index (χ0) is 6.10. The number of hydrogen-bond donors (Lipinski definition) is 1. The zero-order valence-corrected chi connectivity index (χ0v) is 5.80. The SMILES string of the molecule is [CH].c1ccc2c(c1)CCN2. The maximum absolute atomic E-state index is 3.30. The molecule has 1 N–H and O–H groups in total. The van der Waals surface area contributed by atoms with E-state index in [1.807, 2.05) is 0 Å². The third-order valence-electron chi connectivity index (χ3n) is 1.73. The third kappa shape index (κ3) is 0.991. The fourth-order valence-corrected chi connectivity index (χ4v) is 1.24. The van der Waals surface area contributed by atoms with E-state index in [2.05, 4.69) is 29.6 Å². The molecule has 1 heteroatoms. The normalized spacial score (nSPS) is 13.2. The molecule has 1 aliphatic rings. The molecule has 10 heavy (non-hydrogen) atoms. The van der Waals surface area contributed by atoms with Gasteiger partial charge in [0.1, 0.15) is 0 Å². The maximum atomic E-state index is 3.30. The lowest BCUT2D eigenvalue weighted by atomic mass is 10.2. The second-order valence-electron chi connectivity index (χ2n) is 2.33. The molecule has 0 saturated carbocycles. The molecule has 0 spiro atoms. The van der Waals surface area contributed by atoms with Gasteiger partial charge in [0.25, 0.3) is 0 Å². The highest BCUT2D eigenvalue weighted by Crippen LogP contribution is 2.19. The Hall–Kier alpha value is -0.980. The van der Waals surface area contributed by atoms with E-state index < -0.39 is 0 Å². The van der Waals surface area contributed by atoms with Crippen LogP contribution in [0.1, 0.15) is 5.56 Å². The molecule has 2 rings (SSSR count). The lowest BCUT2D eigenvalue weighted by molar-refractivity contribution is 1.11. The van der Waals surface area contributed by atoms with Gasteiger partial charge in [0, 0.05) is 12.2 Å². The first-order valence-corrected chi connectivity index (χ1v) is 3.28. The van der Waals surface area contributed by atoms with Crippen LogP contribution in [0.5, 0.6) is 0 Å². The highest BCUT2D eigenvalue weighted by molar-refractivity contribution is 5.54. The average molecular weight is 132 g/mol. The molecule has 1 nitrogen and oxygen atoms in total. The Bertz CT molecular complexity index is 195. The van der Waals surface area contributed by atoms with E-state index in [4.69, 9.17) is 0 Å². The summed E-state index contributed by atoms with van der Waals surface area (Å²) >= 11 is 0. The smallest absolute Gasteiger partial charge is 0.0373 e. The van der Waals surface area contributed by atoms with Gasteiger partial charge in [-0.3, -0.25) is 0 Å². The standard InChI is InChI=1S/C8H9N.CH/c1-2-4-8-7(3-1)5-6-9-8;/h1-4,9H,5-6H2;1H. The summed E-state index contributed by atoms with van der Waals surface area (Å²) in [4.78, 5) is 0. The Morgan fingerprint density at radius 2 is 2.00 bits per heavy atom. The van der Waals surface area contributed by atoms with Crippen LogP contribution in [0.4, 0.5) is 5.69 Å².